The van der Waals surface area contributed by atoms with E-state index in [1.165, 1.54) is 16.4 Å². The van der Waals surface area contributed by atoms with Crippen LogP contribution in [0.15, 0.2) is 23.1 Å². The molecule has 0 spiro atoms. The van der Waals surface area contributed by atoms with Crippen LogP contribution in [-0.2, 0) is 10.0 Å². The lowest BCUT2D eigenvalue weighted by molar-refractivity contribution is 0.312. The monoisotopic (exact) mass is 316 g/mol. The predicted octanol–water partition coefficient (Wildman–Crippen LogP) is 1.82. The Labute approximate surface area is 123 Å². The Hall–Kier alpha value is -1.05. The van der Waals surface area contributed by atoms with Crippen molar-refractivity contribution >= 4 is 27.2 Å². The third kappa shape index (κ3) is 2.99. The number of sulfonamides is 1. The zero-order valence-corrected chi connectivity index (χ0v) is 12.8. The van der Waals surface area contributed by atoms with Gasteiger partial charge in [-0.2, -0.15) is 4.31 Å². The highest BCUT2D eigenvalue weighted by atomic mass is 32.2. The molecule has 1 unspecified atom stereocenters. The van der Waals surface area contributed by atoms with E-state index in [-0.39, 0.29) is 17.4 Å². The summed E-state index contributed by atoms with van der Waals surface area (Å²) in [7, 11) is -3.70. The molecule has 1 saturated heterocycles. The summed E-state index contributed by atoms with van der Waals surface area (Å²) >= 11 is 4.95. The molecule has 0 amide bonds. The van der Waals surface area contributed by atoms with Crippen molar-refractivity contribution in [2.45, 2.75) is 24.7 Å². The van der Waals surface area contributed by atoms with Crippen molar-refractivity contribution in [3.63, 3.8) is 0 Å². The fourth-order valence-corrected chi connectivity index (χ4v) is 4.34. The van der Waals surface area contributed by atoms with E-state index in [1.807, 2.05) is 0 Å². The van der Waals surface area contributed by atoms with Gasteiger partial charge >= 0.3 is 0 Å². The highest BCUT2D eigenvalue weighted by Gasteiger charge is 2.32. The molecule has 2 N–H and O–H groups in total. The second-order valence-corrected chi connectivity index (χ2v) is 7.39. The van der Waals surface area contributed by atoms with E-state index in [9.17, 15) is 12.8 Å². The predicted molar refractivity (Wildman–Crippen MR) is 79.4 cm³/mol. The first-order valence-corrected chi connectivity index (χ1v) is 8.23. The van der Waals surface area contributed by atoms with Crippen molar-refractivity contribution in [2.24, 2.45) is 11.7 Å². The molecule has 0 saturated carbocycles. The summed E-state index contributed by atoms with van der Waals surface area (Å²) in [4.78, 5) is 0.349. The molecule has 1 aromatic rings. The third-order valence-corrected chi connectivity index (χ3v) is 5.89. The highest BCUT2D eigenvalue weighted by Crippen LogP contribution is 2.26. The number of benzene rings is 1. The Kier molecular flexibility index (Phi) is 4.41. The first-order chi connectivity index (χ1) is 9.32. The summed E-state index contributed by atoms with van der Waals surface area (Å²) in [5.74, 6) is -0.667. The molecule has 20 heavy (non-hydrogen) atoms. The average Bonchev–Trinajstić information content (AvgIpc) is 2.41. The fraction of sp³-hybridized carbons (Fsp3) is 0.462. The van der Waals surface area contributed by atoms with Gasteiger partial charge in [0.15, 0.2) is 0 Å². The average molecular weight is 316 g/mol. The van der Waals surface area contributed by atoms with Crippen molar-refractivity contribution in [1.82, 2.24) is 4.31 Å². The highest BCUT2D eigenvalue weighted by molar-refractivity contribution is 7.89. The molecular weight excluding hydrogens is 299 g/mol. The lowest BCUT2D eigenvalue weighted by Gasteiger charge is -2.31. The standard InChI is InChI=1S/C13H17FN2O2S2/c1-9-4-5-11(14)7-12(9)20(17,18)16-6-2-3-10(8-16)13(15)19/h4-5,7,10H,2-3,6,8H2,1H3,(H2,15,19). The molecule has 1 atom stereocenters. The van der Waals surface area contributed by atoms with Crippen molar-refractivity contribution in [2.75, 3.05) is 13.1 Å². The van der Waals surface area contributed by atoms with Crippen molar-refractivity contribution in [3.05, 3.63) is 29.6 Å². The van der Waals surface area contributed by atoms with E-state index in [0.29, 0.717) is 23.5 Å². The van der Waals surface area contributed by atoms with Crippen LogP contribution >= 0.6 is 12.2 Å². The fourth-order valence-electron chi connectivity index (χ4n) is 2.38. The molecule has 1 heterocycles. The molecule has 1 aromatic carbocycles. The summed E-state index contributed by atoms with van der Waals surface area (Å²) in [6.07, 6.45) is 1.50. The van der Waals surface area contributed by atoms with Gasteiger partial charge < -0.3 is 5.73 Å². The van der Waals surface area contributed by atoms with Gasteiger partial charge in [0, 0.05) is 19.0 Å². The number of hydrogen-bond donors (Lipinski definition) is 1. The number of nitrogens with zero attached hydrogens (tertiary/aromatic N) is 1. The van der Waals surface area contributed by atoms with Gasteiger partial charge in [-0.05, 0) is 37.5 Å². The number of aryl methyl sites for hydroxylation is 1. The summed E-state index contributed by atoms with van der Waals surface area (Å²) in [5.41, 5.74) is 6.15. The molecule has 0 aromatic heterocycles. The molecule has 0 radical (unpaired) electrons. The SMILES string of the molecule is Cc1ccc(F)cc1S(=O)(=O)N1CCCC(C(N)=S)C1. The Balaban J connectivity index is 2.35. The van der Waals surface area contributed by atoms with Crippen molar-refractivity contribution < 1.29 is 12.8 Å². The summed E-state index contributed by atoms with van der Waals surface area (Å²) in [5, 5.41) is 0. The zero-order valence-electron chi connectivity index (χ0n) is 11.2. The third-order valence-electron chi connectivity index (χ3n) is 3.55. The summed E-state index contributed by atoms with van der Waals surface area (Å²) < 4.78 is 39.9. The molecule has 1 aliphatic rings. The molecular formula is C13H17FN2O2S2. The van der Waals surface area contributed by atoms with Gasteiger partial charge in [-0.15, -0.1) is 0 Å². The smallest absolute Gasteiger partial charge is 0.243 e. The van der Waals surface area contributed by atoms with E-state index in [1.54, 1.807) is 6.92 Å². The lowest BCUT2D eigenvalue weighted by atomic mass is 10.0. The summed E-state index contributed by atoms with van der Waals surface area (Å²) in [6.45, 7) is 2.34. The van der Waals surface area contributed by atoms with Crippen molar-refractivity contribution in [1.29, 1.82) is 0 Å². The van der Waals surface area contributed by atoms with E-state index in [4.69, 9.17) is 18.0 Å². The van der Waals surface area contributed by atoms with Gasteiger partial charge in [-0.3, -0.25) is 0 Å². The molecule has 4 nitrogen and oxygen atoms in total. The molecule has 0 bridgehead atoms. The van der Waals surface area contributed by atoms with Crippen LogP contribution in [0.4, 0.5) is 4.39 Å². The van der Waals surface area contributed by atoms with Gasteiger partial charge in [-0.25, -0.2) is 12.8 Å². The first kappa shape index (κ1) is 15.3. The van der Waals surface area contributed by atoms with Crippen LogP contribution in [0.3, 0.4) is 0 Å². The Morgan fingerprint density at radius 3 is 2.85 bits per heavy atom. The quantitative estimate of drug-likeness (QED) is 0.864. The topological polar surface area (TPSA) is 63.4 Å². The number of halogens is 1. The Morgan fingerprint density at radius 2 is 2.20 bits per heavy atom. The minimum absolute atomic E-state index is 0.0149. The number of piperidine rings is 1. The van der Waals surface area contributed by atoms with Crippen LogP contribution < -0.4 is 5.73 Å². The normalized spacial score (nSPS) is 20.8. The minimum Gasteiger partial charge on any atom is -0.393 e. The maximum Gasteiger partial charge on any atom is 0.243 e. The van der Waals surface area contributed by atoms with Gasteiger partial charge in [0.25, 0.3) is 0 Å². The molecule has 1 aliphatic heterocycles. The van der Waals surface area contributed by atoms with Crippen LogP contribution in [-0.4, -0.2) is 30.8 Å². The number of hydrogen-bond acceptors (Lipinski definition) is 3. The Bertz CT molecular complexity index is 631. The van der Waals surface area contributed by atoms with Crippen LogP contribution in [0.5, 0.6) is 0 Å². The first-order valence-electron chi connectivity index (χ1n) is 6.38. The van der Waals surface area contributed by atoms with E-state index >= 15 is 0 Å². The summed E-state index contributed by atoms with van der Waals surface area (Å²) in [6, 6.07) is 3.79. The van der Waals surface area contributed by atoms with Gasteiger partial charge in [0.05, 0.1) is 9.88 Å². The number of thiocarbonyl (C=S) groups is 1. The van der Waals surface area contributed by atoms with Gasteiger partial charge in [-0.1, -0.05) is 18.3 Å². The number of rotatable bonds is 3. The van der Waals surface area contributed by atoms with Crippen LogP contribution in [0.1, 0.15) is 18.4 Å². The molecule has 0 aliphatic carbocycles. The maximum atomic E-state index is 13.3. The molecule has 7 heteroatoms. The Morgan fingerprint density at radius 1 is 1.50 bits per heavy atom. The van der Waals surface area contributed by atoms with Crippen LogP contribution in [0.2, 0.25) is 0 Å². The molecule has 2 rings (SSSR count). The largest absolute Gasteiger partial charge is 0.393 e. The lowest BCUT2D eigenvalue weighted by Crippen LogP contribution is -2.43. The van der Waals surface area contributed by atoms with Gasteiger partial charge in [0.2, 0.25) is 10.0 Å². The maximum absolute atomic E-state index is 13.3. The second-order valence-electron chi connectivity index (χ2n) is 5.01. The van der Waals surface area contributed by atoms with Crippen LogP contribution in [0, 0.1) is 18.7 Å². The zero-order chi connectivity index (χ0) is 14.9. The minimum atomic E-state index is -3.70. The molecule has 1 fully saturated rings. The second kappa shape index (κ2) is 5.75. The van der Waals surface area contributed by atoms with Crippen molar-refractivity contribution in [3.8, 4) is 0 Å². The van der Waals surface area contributed by atoms with E-state index in [2.05, 4.69) is 0 Å². The van der Waals surface area contributed by atoms with E-state index in [0.717, 1.165) is 12.5 Å². The number of nitrogens with two attached hydrogens (primary N) is 1. The molecule has 110 valence electrons. The van der Waals surface area contributed by atoms with E-state index < -0.39 is 15.8 Å². The van der Waals surface area contributed by atoms with Gasteiger partial charge in [0.1, 0.15) is 5.82 Å². The van der Waals surface area contributed by atoms with Crippen LogP contribution in [0.25, 0.3) is 0 Å².